The quantitative estimate of drug-likeness (QED) is 0.569. The van der Waals surface area contributed by atoms with Crippen LogP contribution in [0.1, 0.15) is 13.8 Å². The fourth-order valence-electron chi connectivity index (χ4n) is 0.583. The number of nitrogens with one attached hydrogen (secondary N) is 2. The topological polar surface area (TPSA) is 122 Å². The van der Waals surface area contributed by atoms with Crippen molar-refractivity contribution in [3.8, 4) is 0 Å². The van der Waals surface area contributed by atoms with Crippen molar-refractivity contribution in [2.75, 3.05) is 6.61 Å². The van der Waals surface area contributed by atoms with E-state index in [0.717, 1.165) is 6.92 Å². The molecule has 0 saturated carbocycles. The van der Waals surface area contributed by atoms with Crippen molar-refractivity contribution in [1.82, 2.24) is 9.44 Å². The van der Waals surface area contributed by atoms with E-state index in [4.69, 9.17) is 5.11 Å². The van der Waals surface area contributed by atoms with Crippen LogP contribution in [0.5, 0.6) is 0 Å². The molecule has 8 nitrogen and oxygen atoms in total. The highest BCUT2D eigenvalue weighted by molar-refractivity contribution is 7.88. The molecule has 88 valence electrons. The molecular formula is C6H12N2O6S. The van der Waals surface area contributed by atoms with Gasteiger partial charge in [0.25, 0.3) is 0 Å². The SMILES string of the molecule is CCOC(=O)NS(=O)(=O)NC(C)C(=O)O. The van der Waals surface area contributed by atoms with Gasteiger partial charge in [-0.2, -0.15) is 13.1 Å². The van der Waals surface area contributed by atoms with Crippen LogP contribution < -0.4 is 9.44 Å². The highest BCUT2D eigenvalue weighted by atomic mass is 32.2. The average molecular weight is 240 g/mol. The lowest BCUT2D eigenvalue weighted by Gasteiger charge is -2.10. The van der Waals surface area contributed by atoms with E-state index >= 15 is 0 Å². The fourth-order valence-corrected chi connectivity index (χ4v) is 1.49. The summed E-state index contributed by atoms with van der Waals surface area (Å²) >= 11 is 0. The Bertz CT molecular complexity index is 338. The number of rotatable bonds is 5. The second-order valence-electron chi connectivity index (χ2n) is 2.50. The molecule has 1 atom stereocenters. The van der Waals surface area contributed by atoms with Gasteiger partial charge in [-0.25, -0.2) is 9.52 Å². The standard InChI is InChI=1S/C6H12N2O6S/c1-3-14-6(11)8-15(12,13)7-4(2)5(9)10/h4,7H,3H2,1-2H3,(H,8,11)(H,9,10). The molecule has 0 aliphatic carbocycles. The van der Waals surface area contributed by atoms with Crippen LogP contribution in [0.3, 0.4) is 0 Å². The molecule has 0 spiro atoms. The number of carboxylic acids is 1. The molecule has 1 amide bonds. The summed E-state index contributed by atoms with van der Waals surface area (Å²) in [6.45, 7) is 2.63. The lowest BCUT2D eigenvalue weighted by Crippen LogP contribution is -2.46. The van der Waals surface area contributed by atoms with E-state index in [1.54, 1.807) is 4.72 Å². The lowest BCUT2D eigenvalue weighted by molar-refractivity contribution is -0.138. The summed E-state index contributed by atoms with van der Waals surface area (Å²) in [6, 6.07) is -1.34. The zero-order valence-corrected chi connectivity index (χ0v) is 9.00. The molecule has 0 heterocycles. The van der Waals surface area contributed by atoms with Crippen LogP contribution in [0.15, 0.2) is 0 Å². The highest BCUT2D eigenvalue weighted by Crippen LogP contribution is 1.87. The number of hydrogen-bond acceptors (Lipinski definition) is 5. The van der Waals surface area contributed by atoms with Gasteiger partial charge >= 0.3 is 22.3 Å². The molecule has 0 aromatic carbocycles. The number of carbonyl (C=O) groups excluding carboxylic acids is 1. The van der Waals surface area contributed by atoms with Crippen LogP contribution in [-0.2, 0) is 19.7 Å². The zero-order chi connectivity index (χ0) is 12.1. The van der Waals surface area contributed by atoms with Gasteiger partial charge in [-0.1, -0.05) is 0 Å². The molecule has 0 aromatic rings. The minimum absolute atomic E-state index is 0.00976. The summed E-state index contributed by atoms with van der Waals surface area (Å²) in [4.78, 5) is 21.0. The first-order chi connectivity index (χ1) is 6.78. The fraction of sp³-hybridized carbons (Fsp3) is 0.667. The van der Waals surface area contributed by atoms with E-state index in [-0.39, 0.29) is 6.61 Å². The van der Waals surface area contributed by atoms with E-state index in [1.165, 1.54) is 11.6 Å². The first kappa shape index (κ1) is 13.7. The Morgan fingerprint density at radius 3 is 2.40 bits per heavy atom. The molecule has 0 fully saturated rings. The van der Waals surface area contributed by atoms with E-state index in [2.05, 4.69) is 4.74 Å². The maximum absolute atomic E-state index is 11.0. The van der Waals surface area contributed by atoms with E-state index in [0.29, 0.717) is 0 Å². The van der Waals surface area contributed by atoms with Gasteiger partial charge in [-0.3, -0.25) is 4.79 Å². The third kappa shape index (κ3) is 5.86. The normalized spacial score (nSPS) is 12.9. The lowest BCUT2D eigenvalue weighted by atomic mass is 10.4. The maximum atomic E-state index is 11.0. The zero-order valence-electron chi connectivity index (χ0n) is 8.18. The van der Waals surface area contributed by atoms with Crippen LogP contribution in [0.2, 0.25) is 0 Å². The predicted octanol–water partition coefficient (Wildman–Crippen LogP) is -0.960. The molecule has 0 rings (SSSR count). The van der Waals surface area contributed by atoms with Crippen LogP contribution >= 0.6 is 0 Å². The molecular weight excluding hydrogens is 228 g/mol. The minimum Gasteiger partial charge on any atom is -0.480 e. The molecule has 0 bridgehead atoms. The second-order valence-corrected chi connectivity index (χ2v) is 3.95. The summed E-state index contributed by atoms with van der Waals surface area (Å²) in [5, 5.41) is 8.41. The summed E-state index contributed by atoms with van der Waals surface area (Å²) in [6.07, 6.45) is -1.16. The largest absolute Gasteiger partial charge is 0.480 e. The van der Waals surface area contributed by atoms with Crippen molar-refractivity contribution in [2.45, 2.75) is 19.9 Å². The molecule has 0 aliphatic heterocycles. The van der Waals surface area contributed by atoms with E-state index in [9.17, 15) is 18.0 Å². The molecule has 3 N–H and O–H groups in total. The summed E-state index contributed by atoms with van der Waals surface area (Å²) in [5.74, 6) is -1.36. The van der Waals surface area contributed by atoms with Gasteiger partial charge in [0.2, 0.25) is 0 Å². The summed E-state index contributed by atoms with van der Waals surface area (Å²) < 4.78 is 29.6. The van der Waals surface area contributed by atoms with Crippen LogP contribution in [-0.4, -0.2) is 38.2 Å². The Kier molecular flexibility index (Phi) is 5.02. The van der Waals surface area contributed by atoms with Crippen molar-refractivity contribution in [1.29, 1.82) is 0 Å². The number of amides is 1. The highest BCUT2D eigenvalue weighted by Gasteiger charge is 2.21. The molecule has 0 radical (unpaired) electrons. The monoisotopic (exact) mass is 240 g/mol. The molecule has 0 aromatic heterocycles. The molecule has 15 heavy (non-hydrogen) atoms. The number of carboxylic acid groups (broad SMARTS) is 1. The second kappa shape index (κ2) is 5.51. The maximum Gasteiger partial charge on any atom is 0.421 e. The van der Waals surface area contributed by atoms with Gasteiger partial charge in [0.15, 0.2) is 0 Å². The van der Waals surface area contributed by atoms with Crippen molar-refractivity contribution in [2.24, 2.45) is 0 Å². The number of ether oxygens (including phenoxy) is 1. The Labute approximate surface area is 86.8 Å². The Hall–Kier alpha value is -1.35. The predicted molar refractivity (Wildman–Crippen MR) is 49.3 cm³/mol. The Balaban J connectivity index is 4.32. The van der Waals surface area contributed by atoms with Gasteiger partial charge in [-0.15, -0.1) is 0 Å². The summed E-state index contributed by atoms with van der Waals surface area (Å²) in [7, 11) is -4.20. The van der Waals surface area contributed by atoms with E-state index < -0.39 is 28.3 Å². The first-order valence-electron chi connectivity index (χ1n) is 3.98. The average Bonchev–Trinajstić information content (AvgIpc) is 2.01. The Morgan fingerprint density at radius 1 is 1.47 bits per heavy atom. The number of aliphatic carboxylic acids is 1. The van der Waals surface area contributed by atoms with Crippen LogP contribution in [0.25, 0.3) is 0 Å². The molecule has 9 heteroatoms. The van der Waals surface area contributed by atoms with Gasteiger partial charge in [0.05, 0.1) is 6.61 Å². The van der Waals surface area contributed by atoms with Gasteiger partial charge in [0.1, 0.15) is 6.04 Å². The van der Waals surface area contributed by atoms with Gasteiger partial charge in [-0.05, 0) is 13.8 Å². The van der Waals surface area contributed by atoms with Crippen molar-refractivity contribution in [3.05, 3.63) is 0 Å². The third-order valence-electron chi connectivity index (χ3n) is 1.20. The molecule has 0 saturated heterocycles. The smallest absolute Gasteiger partial charge is 0.421 e. The van der Waals surface area contributed by atoms with Crippen molar-refractivity contribution < 1.29 is 27.9 Å². The van der Waals surface area contributed by atoms with Gasteiger partial charge < -0.3 is 9.84 Å². The van der Waals surface area contributed by atoms with Gasteiger partial charge in [0, 0.05) is 0 Å². The van der Waals surface area contributed by atoms with E-state index in [1.807, 2.05) is 0 Å². The van der Waals surface area contributed by atoms with Crippen LogP contribution in [0, 0.1) is 0 Å². The minimum atomic E-state index is -4.20. The van der Waals surface area contributed by atoms with Crippen molar-refractivity contribution in [3.63, 3.8) is 0 Å². The summed E-state index contributed by atoms with van der Waals surface area (Å²) in [5.41, 5.74) is 0. The number of hydrogen-bond donors (Lipinski definition) is 3. The Morgan fingerprint density at radius 2 is 2.00 bits per heavy atom. The third-order valence-corrected chi connectivity index (χ3v) is 2.29. The molecule has 0 aliphatic rings. The van der Waals surface area contributed by atoms with Crippen LogP contribution in [0.4, 0.5) is 4.79 Å². The first-order valence-corrected chi connectivity index (χ1v) is 5.46. The number of carbonyl (C=O) groups is 2. The molecule has 1 unspecified atom stereocenters. The van der Waals surface area contributed by atoms with Crippen molar-refractivity contribution >= 4 is 22.3 Å².